The summed E-state index contributed by atoms with van der Waals surface area (Å²) in [4.78, 5) is 6.76. The van der Waals surface area contributed by atoms with Crippen molar-refractivity contribution in [2.24, 2.45) is 0 Å². The molecule has 15 heavy (non-hydrogen) atoms. The van der Waals surface area contributed by atoms with Crippen molar-refractivity contribution >= 4 is 21.7 Å². The van der Waals surface area contributed by atoms with E-state index >= 15 is 0 Å². The highest BCUT2D eigenvalue weighted by Crippen LogP contribution is 2.20. The molecule has 1 unspecified atom stereocenters. The first-order valence-corrected chi connectivity index (χ1v) is 6.46. The number of alkyl halides is 1. The Hall–Kier alpha value is -0.570. The Balaban J connectivity index is 2.95. The molecule has 0 aliphatic rings. The lowest BCUT2D eigenvalue weighted by Crippen LogP contribution is -2.29. The number of pyridine rings is 1. The summed E-state index contributed by atoms with van der Waals surface area (Å²) >= 11 is 3.44. The van der Waals surface area contributed by atoms with Gasteiger partial charge in [-0.1, -0.05) is 28.9 Å². The molecule has 0 saturated heterocycles. The summed E-state index contributed by atoms with van der Waals surface area (Å²) in [6.45, 7) is 6.54. The number of hydrogen-bond acceptors (Lipinski definition) is 2. The second-order valence-corrected chi connectivity index (χ2v) is 4.55. The van der Waals surface area contributed by atoms with E-state index in [0.717, 1.165) is 17.6 Å². The topological polar surface area (TPSA) is 16.1 Å². The number of aromatic nitrogens is 1. The lowest BCUT2D eigenvalue weighted by molar-refractivity contribution is 0.655. The van der Waals surface area contributed by atoms with Gasteiger partial charge in [0.05, 0.1) is 0 Å². The van der Waals surface area contributed by atoms with Crippen LogP contribution in [0.4, 0.5) is 5.82 Å². The van der Waals surface area contributed by atoms with Crippen LogP contribution >= 0.6 is 15.9 Å². The first-order chi connectivity index (χ1) is 7.10. The van der Waals surface area contributed by atoms with Gasteiger partial charge >= 0.3 is 0 Å². The second-order valence-electron chi connectivity index (χ2n) is 3.99. The van der Waals surface area contributed by atoms with Crippen LogP contribution in [-0.4, -0.2) is 18.1 Å². The molecule has 84 valence electrons. The van der Waals surface area contributed by atoms with E-state index in [1.54, 1.807) is 0 Å². The Morgan fingerprint density at radius 3 is 2.67 bits per heavy atom. The van der Waals surface area contributed by atoms with Crippen LogP contribution in [0, 0.1) is 6.92 Å². The minimum Gasteiger partial charge on any atom is -0.357 e. The van der Waals surface area contributed by atoms with Gasteiger partial charge in [0, 0.05) is 24.6 Å². The van der Waals surface area contributed by atoms with Gasteiger partial charge in [-0.15, -0.1) is 0 Å². The van der Waals surface area contributed by atoms with Gasteiger partial charge in [-0.3, -0.25) is 0 Å². The highest BCUT2D eigenvalue weighted by atomic mass is 79.9. The highest BCUT2D eigenvalue weighted by Gasteiger charge is 2.11. The van der Waals surface area contributed by atoms with Gasteiger partial charge in [-0.25, -0.2) is 4.98 Å². The smallest absolute Gasteiger partial charge is 0.131 e. The molecule has 1 aromatic rings. The molecule has 0 saturated carbocycles. The van der Waals surface area contributed by atoms with Gasteiger partial charge in [0.15, 0.2) is 0 Å². The average molecular weight is 271 g/mol. The number of aryl methyl sites for hydroxylation is 1. The normalized spacial score (nSPS) is 12.6. The van der Waals surface area contributed by atoms with E-state index in [4.69, 9.17) is 0 Å². The summed E-state index contributed by atoms with van der Waals surface area (Å²) in [5, 5.41) is 0.869. The van der Waals surface area contributed by atoms with Crippen molar-refractivity contribution < 1.29 is 0 Å². The summed E-state index contributed by atoms with van der Waals surface area (Å²) in [5.41, 5.74) is 2.48. The predicted molar refractivity (Wildman–Crippen MR) is 69.8 cm³/mol. The molecule has 0 amide bonds. The molecular formula is C12H19BrN2. The fourth-order valence-electron chi connectivity index (χ4n) is 1.55. The summed E-state index contributed by atoms with van der Waals surface area (Å²) in [6.07, 6.45) is 3.08. The van der Waals surface area contributed by atoms with Crippen molar-refractivity contribution in [2.45, 2.75) is 38.6 Å². The van der Waals surface area contributed by atoms with Crippen LogP contribution in [0.15, 0.2) is 12.3 Å². The molecule has 0 spiro atoms. The van der Waals surface area contributed by atoms with E-state index in [0.29, 0.717) is 6.04 Å². The monoisotopic (exact) mass is 270 g/mol. The minimum atomic E-state index is 0.533. The molecule has 0 aliphatic carbocycles. The van der Waals surface area contributed by atoms with Gasteiger partial charge in [0.25, 0.3) is 0 Å². The number of nitrogens with zero attached hydrogens (tertiary/aromatic N) is 2. The van der Waals surface area contributed by atoms with Crippen LogP contribution < -0.4 is 4.90 Å². The summed E-state index contributed by atoms with van der Waals surface area (Å²) in [5.74, 6) is 1.09. The van der Waals surface area contributed by atoms with Crippen molar-refractivity contribution in [1.29, 1.82) is 0 Å². The first-order valence-electron chi connectivity index (χ1n) is 5.34. The zero-order valence-electron chi connectivity index (χ0n) is 9.92. The van der Waals surface area contributed by atoms with Crippen molar-refractivity contribution in [1.82, 2.24) is 4.98 Å². The van der Waals surface area contributed by atoms with E-state index in [-0.39, 0.29) is 0 Å². The Labute approximate surface area is 101 Å². The van der Waals surface area contributed by atoms with Crippen molar-refractivity contribution in [3.63, 3.8) is 0 Å². The Morgan fingerprint density at radius 1 is 1.53 bits per heavy atom. The third-order valence-electron chi connectivity index (χ3n) is 2.85. The van der Waals surface area contributed by atoms with Crippen LogP contribution in [0.25, 0.3) is 0 Å². The summed E-state index contributed by atoms with van der Waals surface area (Å²) < 4.78 is 0. The molecule has 1 aromatic heterocycles. The summed E-state index contributed by atoms with van der Waals surface area (Å²) in [6, 6.07) is 2.72. The molecule has 1 rings (SSSR count). The quantitative estimate of drug-likeness (QED) is 0.779. The number of halogens is 1. The maximum atomic E-state index is 4.51. The van der Waals surface area contributed by atoms with Gasteiger partial charge in [-0.2, -0.15) is 0 Å². The van der Waals surface area contributed by atoms with Crippen molar-refractivity contribution in [3.8, 4) is 0 Å². The molecule has 1 atom stereocenters. The first kappa shape index (κ1) is 12.5. The number of anilines is 1. The Bertz CT molecular complexity index is 325. The van der Waals surface area contributed by atoms with Crippen LogP contribution in [-0.2, 0) is 5.33 Å². The molecule has 0 aliphatic heterocycles. The lowest BCUT2D eigenvalue weighted by atomic mass is 10.2. The molecule has 0 bridgehead atoms. The maximum Gasteiger partial charge on any atom is 0.131 e. The van der Waals surface area contributed by atoms with Gasteiger partial charge in [0.2, 0.25) is 0 Å². The summed E-state index contributed by atoms with van der Waals surface area (Å²) in [7, 11) is 2.11. The van der Waals surface area contributed by atoms with Crippen LogP contribution in [0.3, 0.4) is 0 Å². The van der Waals surface area contributed by atoms with E-state index in [1.165, 1.54) is 11.1 Å². The minimum absolute atomic E-state index is 0.533. The second kappa shape index (κ2) is 5.50. The molecule has 2 nitrogen and oxygen atoms in total. The molecule has 0 N–H and O–H groups in total. The number of rotatable bonds is 4. The predicted octanol–water partition coefficient (Wildman–Crippen LogP) is 3.52. The molecule has 0 aromatic carbocycles. The van der Waals surface area contributed by atoms with Crippen LogP contribution in [0.1, 0.15) is 31.4 Å². The Kier molecular flexibility index (Phi) is 4.58. The van der Waals surface area contributed by atoms with E-state index < -0.39 is 0 Å². The van der Waals surface area contributed by atoms with Gasteiger partial charge < -0.3 is 4.90 Å². The fourth-order valence-corrected chi connectivity index (χ4v) is 1.86. The van der Waals surface area contributed by atoms with E-state index in [1.807, 2.05) is 6.20 Å². The standard InChI is InChI=1S/C12H19BrN2/c1-5-10(3)15(4)12-9(2)6-11(7-13)8-14-12/h6,8,10H,5,7H2,1-4H3. The zero-order valence-corrected chi connectivity index (χ0v) is 11.5. The Morgan fingerprint density at radius 2 is 2.20 bits per heavy atom. The van der Waals surface area contributed by atoms with E-state index in [9.17, 15) is 0 Å². The highest BCUT2D eigenvalue weighted by molar-refractivity contribution is 9.08. The maximum absolute atomic E-state index is 4.51. The van der Waals surface area contributed by atoms with Crippen molar-refractivity contribution in [2.75, 3.05) is 11.9 Å². The van der Waals surface area contributed by atoms with Crippen molar-refractivity contribution in [3.05, 3.63) is 23.4 Å². The average Bonchev–Trinajstić information content (AvgIpc) is 2.26. The largest absolute Gasteiger partial charge is 0.357 e. The zero-order chi connectivity index (χ0) is 11.4. The lowest BCUT2D eigenvalue weighted by Gasteiger charge is -2.26. The molecule has 1 heterocycles. The van der Waals surface area contributed by atoms with Gasteiger partial charge in [-0.05, 0) is 31.4 Å². The molecule has 0 fully saturated rings. The van der Waals surface area contributed by atoms with Gasteiger partial charge in [0.1, 0.15) is 5.82 Å². The molecular weight excluding hydrogens is 252 g/mol. The van der Waals surface area contributed by atoms with E-state index in [2.05, 4.69) is 59.7 Å². The fraction of sp³-hybridized carbons (Fsp3) is 0.583. The third-order valence-corrected chi connectivity index (χ3v) is 3.50. The molecule has 3 heteroatoms. The molecule has 0 radical (unpaired) electrons. The SMILES string of the molecule is CCC(C)N(C)c1ncc(CBr)cc1C. The third kappa shape index (κ3) is 2.94. The van der Waals surface area contributed by atoms with Crippen LogP contribution in [0.5, 0.6) is 0 Å². The number of hydrogen-bond donors (Lipinski definition) is 0. The van der Waals surface area contributed by atoms with Crippen LogP contribution in [0.2, 0.25) is 0 Å².